The summed E-state index contributed by atoms with van der Waals surface area (Å²) in [7, 11) is -3.08. The molecule has 0 amide bonds. The summed E-state index contributed by atoms with van der Waals surface area (Å²) in [5, 5.41) is -0.0118. The molecule has 1 aliphatic heterocycles. The molecule has 1 fully saturated rings. The van der Waals surface area contributed by atoms with Crippen molar-refractivity contribution < 1.29 is 13.2 Å². The Morgan fingerprint density at radius 2 is 2.00 bits per heavy atom. The molecular weight excluding hydrogens is 222 g/mol. The Balaban J connectivity index is 0.000000791. The average Bonchev–Trinajstić information content (AvgIpc) is 2.32. The molecule has 0 spiro atoms. The van der Waals surface area contributed by atoms with E-state index in [1.807, 2.05) is 13.8 Å². The lowest BCUT2D eigenvalue weighted by atomic mass is 10.4. The lowest BCUT2D eigenvalue weighted by molar-refractivity contribution is 0.150. The number of hydrogen-bond acceptors (Lipinski definition) is 4. The van der Waals surface area contributed by atoms with Crippen LogP contribution in [-0.2, 0) is 14.8 Å². The third-order valence-electron chi connectivity index (χ3n) is 1.68. The standard InChI is InChI=1S/C6H13NO3S2.C2H6/c1-12(8,9)7-2-3-10-5-6(11)4-7;1-2/h6,11H,2-5H2,1H3;1-2H3. The van der Waals surface area contributed by atoms with Gasteiger partial charge in [-0.2, -0.15) is 16.9 Å². The van der Waals surface area contributed by atoms with Gasteiger partial charge in [0.05, 0.1) is 19.5 Å². The third-order valence-corrected chi connectivity index (χ3v) is 3.26. The first-order valence-corrected chi connectivity index (χ1v) is 7.07. The molecule has 1 unspecified atom stereocenters. The summed E-state index contributed by atoms with van der Waals surface area (Å²) in [6.07, 6.45) is 1.21. The van der Waals surface area contributed by atoms with Gasteiger partial charge in [0.1, 0.15) is 0 Å². The molecule has 1 heterocycles. The summed E-state index contributed by atoms with van der Waals surface area (Å²) in [6, 6.07) is 0. The van der Waals surface area contributed by atoms with Crippen molar-refractivity contribution in [2.45, 2.75) is 19.1 Å². The van der Waals surface area contributed by atoms with Gasteiger partial charge in [-0.05, 0) is 0 Å². The second-order valence-corrected chi connectivity index (χ2v) is 5.56. The zero-order valence-electron chi connectivity index (χ0n) is 8.93. The van der Waals surface area contributed by atoms with Crippen LogP contribution in [0.4, 0.5) is 0 Å². The van der Waals surface area contributed by atoms with Crippen molar-refractivity contribution in [1.29, 1.82) is 0 Å². The number of rotatable bonds is 1. The second-order valence-electron chi connectivity index (χ2n) is 2.85. The minimum Gasteiger partial charge on any atom is -0.379 e. The van der Waals surface area contributed by atoms with Gasteiger partial charge >= 0.3 is 0 Å². The quantitative estimate of drug-likeness (QED) is 0.684. The maximum atomic E-state index is 11.1. The van der Waals surface area contributed by atoms with Crippen molar-refractivity contribution >= 4 is 22.7 Å². The minimum atomic E-state index is -3.08. The van der Waals surface area contributed by atoms with Crippen molar-refractivity contribution in [3.05, 3.63) is 0 Å². The van der Waals surface area contributed by atoms with Crippen LogP contribution in [0.2, 0.25) is 0 Å². The fourth-order valence-corrected chi connectivity index (χ4v) is 2.34. The Labute approximate surface area is 92.1 Å². The van der Waals surface area contributed by atoms with E-state index in [-0.39, 0.29) is 5.25 Å². The summed E-state index contributed by atoms with van der Waals surface area (Å²) in [5.74, 6) is 0. The molecule has 6 heteroatoms. The topological polar surface area (TPSA) is 46.6 Å². The van der Waals surface area contributed by atoms with Gasteiger partial charge in [0.2, 0.25) is 10.0 Å². The summed E-state index contributed by atoms with van der Waals surface area (Å²) in [6.45, 7) is 5.87. The highest BCUT2D eigenvalue weighted by atomic mass is 32.2. The van der Waals surface area contributed by atoms with Crippen LogP contribution in [0, 0.1) is 0 Å². The largest absolute Gasteiger partial charge is 0.379 e. The first-order valence-electron chi connectivity index (χ1n) is 4.71. The summed E-state index contributed by atoms with van der Waals surface area (Å²) < 4.78 is 28.8. The van der Waals surface area contributed by atoms with Crippen LogP contribution in [-0.4, -0.2) is 50.5 Å². The molecule has 0 radical (unpaired) electrons. The van der Waals surface area contributed by atoms with Gasteiger partial charge in [0.25, 0.3) is 0 Å². The molecule has 1 rings (SSSR count). The van der Waals surface area contributed by atoms with Gasteiger partial charge in [-0.25, -0.2) is 8.42 Å². The molecule has 1 atom stereocenters. The maximum Gasteiger partial charge on any atom is 0.211 e. The highest BCUT2D eigenvalue weighted by Gasteiger charge is 2.22. The summed E-state index contributed by atoms with van der Waals surface area (Å²) >= 11 is 4.19. The molecule has 0 aromatic carbocycles. The number of nitrogens with zero attached hydrogens (tertiary/aromatic N) is 1. The van der Waals surface area contributed by atoms with E-state index in [0.717, 1.165) is 0 Å². The monoisotopic (exact) mass is 241 g/mol. The average molecular weight is 241 g/mol. The molecule has 86 valence electrons. The number of hydrogen-bond donors (Lipinski definition) is 1. The Hall–Kier alpha value is 0.220. The zero-order chi connectivity index (χ0) is 11.2. The summed E-state index contributed by atoms with van der Waals surface area (Å²) in [4.78, 5) is 0. The van der Waals surface area contributed by atoms with Crippen LogP contribution in [0.15, 0.2) is 0 Å². The predicted octanol–water partition coefficient (Wildman–Crippen LogP) is 0.603. The van der Waals surface area contributed by atoms with E-state index in [0.29, 0.717) is 26.3 Å². The molecule has 0 bridgehead atoms. The molecule has 1 saturated heterocycles. The molecule has 0 aliphatic carbocycles. The fourth-order valence-electron chi connectivity index (χ4n) is 1.07. The van der Waals surface area contributed by atoms with E-state index < -0.39 is 10.0 Å². The van der Waals surface area contributed by atoms with E-state index >= 15 is 0 Å². The van der Waals surface area contributed by atoms with Crippen LogP contribution >= 0.6 is 12.6 Å². The van der Waals surface area contributed by atoms with E-state index in [2.05, 4.69) is 12.6 Å². The molecule has 1 aliphatic rings. The predicted molar refractivity (Wildman–Crippen MR) is 61.4 cm³/mol. The van der Waals surface area contributed by atoms with Gasteiger partial charge in [0, 0.05) is 18.3 Å². The molecule has 0 saturated carbocycles. The van der Waals surface area contributed by atoms with Crippen LogP contribution in [0.25, 0.3) is 0 Å². The van der Waals surface area contributed by atoms with E-state index in [1.165, 1.54) is 10.6 Å². The summed E-state index contributed by atoms with van der Waals surface area (Å²) in [5.41, 5.74) is 0. The Morgan fingerprint density at radius 1 is 1.43 bits per heavy atom. The highest BCUT2D eigenvalue weighted by molar-refractivity contribution is 7.88. The Bertz CT molecular complexity index is 241. The van der Waals surface area contributed by atoms with E-state index in [9.17, 15) is 8.42 Å². The van der Waals surface area contributed by atoms with Crippen molar-refractivity contribution in [2.24, 2.45) is 0 Å². The normalized spacial score (nSPS) is 24.7. The smallest absolute Gasteiger partial charge is 0.211 e. The lowest BCUT2D eigenvalue weighted by Gasteiger charge is -2.17. The lowest BCUT2D eigenvalue weighted by Crippen LogP contribution is -2.35. The van der Waals surface area contributed by atoms with Crippen molar-refractivity contribution in [3.63, 3.8) is 0 Å². The van der Waals surface area contributed by atoms with Crippen molar-refractivity contribution in [1.82, 2.24) is 4.31 Å². The molecule has 0 aromatic heterocycles. The molecule has 0 N–H and O–H groups in total. The van der Waals surface area contributed by atoms with Crippen LogP contribution < -0.4 is 0 Å². The van der Waals surface area contributed by atoms with Gasteiger partial charge in [0.15, 0.2) is 0 Å². The molecule has 4 nitrogen and oxygen atoms in total. The van der Waals surface area contributed by atoms with Gasteiger partial charge < -0.3 is 4.74 Å². The van der Waals surface area contributed by atoms with Crippen LogP contribution in [0.5, 0.6) is 0 Å². The number of ether oxygens (including phenoxy) is 1. The first kappa shape index (κ1) is 14.2. The fraction of sp³-hybridized carbons (Fsp3) is 1.00. The van der Waals surface area contributed by atoms with E-state index in [4.69, 9.17) is 4.74 Å². The van der Waals surface area contributed by atoms with Crippen LogP contribution in [0.1, 0.15) is 13.8 Å². The van der Waals surface area contributed by atoms with Crippen molar-refractivity contribution in [2.75, 3.05) is 32.6 Å². The maximum absolute atomic E-state index is 11.1. The van der Waals surface area contributed by atoms with Gasteiger partial charge in [-0.3, -0.25) is 0 Å². The third kappa shape index (κ3) is 5.19. The highest BCUT2D eigenvalue weighted by Crippen LogP contribution is 2.08. The molecule has 0 aromatic rings. The number of thiol groups is 1. The minimum absolute atomic E-state index is 0.0118. The Kier molecular flexibility index (Phi) is 6.76. The SMILES string of the molecule is CC.CS(=O)(=O)N1CCOCC(S)C1. The molecule has 14 heavy (non-hydrogen) atoms. The second kappa shape index (κ2) is 6.66. The number of sulfonamides is 1. The van der Waals surface area contributed by atoms with Gasteiger partial charge in [-0.1, -0.05) is 13.8 Å². The molecular formula is C8H19NO3S2. The van der Waals surface area contributed by atoms with Crippen LogP contribution in [0.3, 0.4) is 0 Å². The Morgan fingerprint density at radius 3 is 2.50 bits per heavy atom. The zero-order valence-corrected chi connectivity index (χ0v) is 10.6. The van der Waals surface area contributed by atoms with Crippen molar-refractivity contribution in [3.8, 4) is 0 Å². The van der Waals surface area contributed by atoms with E-state index in [1.54, 1.807) is 0 Å². The first-order chi connectivity index (χ1) is 6.50. The van der Waals surface area contributed by atoms with Gasteiger partial charge in [-0.15, -0.1) is 0 Å².